The number of nitrogens with zero attached hydrogens (tertiary/aromatic N) is 2. The van der Waals surface area contributed by atoms with Crippen molar-refractivity contribution in [3.8, 4) is 0 Å². The van der Waals surface area contributed by atoms with Crippen molar-refractivity contribution in [2.75, 3.05) is 26.2 Å². The van der Waals surface area contributed by atoms with Crippen LogP contribution in [0.25, 0.3) is 0 Å². The second-order valence-electron chi connectivity index (χ2n) is 5.38. The lowest BCUT2D eigenvalue weighted by Crippen LogP contribution is -2.51. The first-order valence-electron chi connectivity index (χ1n) is 7.49. The molecule has 5 nitrogen and oxygen atoms in total. The Morgan fingerprint density at radius 2 is 1.76 bits per heavy atom. The molecule has 1 aromatic rings. The Kier molecular flexibility index (Phi) is 5.33. The maximum atomic E-state index is 11.9. The van der Waals surface area contributed by atoms with Gasteiger partial charge in [-0.3, -0.25) is 14.5 Å². The van der Waals surface area contributed by atoms with Gasteiger partial charge in [0.15, 0.2) is 0 Å². The van der Waals surface area contributed by atoms with E-state index in [0.717, 1.165) is 12.0 Å². The fourth-order valence-corrected chi connectivity index (χ4v) is 2.79. The van der Waals surface area contributed by atoms with Crippen molar-refractivity contribution in [1.82, 2.24) is 9.80 Å². The summed E-state index contributed by atoms with van der Waals surface area (Å²) in [5.41, 5.74) is 6.50. The average molecular weight is 289 g/mol. The Morgan fingerprint density at radius 3 is 2.29 bits per heavy atom. The third-order valence-electron chi connectivity index (χ3n) is 3.88. The predicted octanol–water partition coefficient (Wildman–Crippen LogP) is 1.16. The van der Waals surface area contributed by atoms with Crippen LogP contribution in [0.4, 0.5) is 0 Å². The molecule has 1 aromatic carbocycles. The van der Waals surface area contributed by atoms with Crippen molar-refractivity contribution in [2.45, 2.75) is 25.8 Å². The Hall–Kier alpha value is -1.88. The van der Waals surface area contributed by atoms with E-state index in [4.69, 9.17) is 5.73 Å². The van der Waals surface area contributed by atoms with Gasteiger partial charge in [-0.25, -0.2) is 0 Å². The van der Waals surface area contributed by atoms with Crippen LogP contribution in [0.5, 0.6) is 0 Å². The van der Waals surface area contributed by atoms with E-state index in [0.29, 0.717) is 32.6 Å². The van der Waals surface area contributed by atoms with Gasteiger partial charge in [-0.2, -0.15) is 0 Å². The number of hydrogen-bond acceptors (Lipinski definition) is 3. The number of hydrogen-bond donors (Lipinski definition) is 1. The Morgan fingerprint density at radius 1 is 1.14 bits per heavy atom. The van der Waals surface area contributed by atoms with E-state index in [1.807, 2.05) is 42.2 Å². The van der Waals surface area contributed by atoms with Gasteiger partial charge in [0.05, 0.1) is 0 Å². The van der Waals surface area contributed by atoms with Gasteiger partial charge >= 0.3 is 0 Å². The molecule has 114 valence electrons. The standard InChI is InChI=1S/C16H23N3O2/c1-2-6-14(20)18-9-11-19(12-10-18)15(16(17)21)13-7-4-3-5-8-13/h3-5,7-8,15H,2,6,9-12H2,1H3,(H2,17,21)/t15-/m1/s1. The fourth-order valence-electron chi connectivity index (χ4n) is 2.79. The van der Waals surface area contributed by atoms with Crippen molar-refractivity contribution < 1.29 is 9.59 Å². The second kappa shape index (κ2) is 7.22. The van der Waals surface area contributed by atoms with E-state index in [1.54, 1.807) is 0 Å². The maximum Gasteiger partial charge on any atom is 0.239 e. The number of nitrogens with two attached hydrogens (primary N) is 1. The fraction of sp³-hybridized carbons (Fsp3) is 0.500. The molecule has 2 amide bonds. The van der Waals surface area contributed by atoms with Crippen LogP contribution in [-0.2, 0) is 9.59 Å². The molecule has 0 saturated carbocycles. The third kappa shape index (κ3) is 3.82. The minimum atomic E-state index is -0.408. The lowest BCUT2D eigenvalue weighted by molar-refractivity contribution is -0.134. The summed E-state index contributed by atoms with van der Waals surface area (Å²) in [7, 11) is 0. The number of amides is 2. The number of primary amides is 1. The summed E-state index contributed by atoms with van der Waals surface area (Å²) in [6.07, 6.45) is 1.46. The molecule has 1 fully saturated rings. The molecule has 0 aliphatic carbocycles. The highest BCUT2D eigenvalue weighted by Gasteiger charge is 2.29. The zero-order valence-corrected chi connectivity index (χ0v) is 12.5. The van der Waals surface area contributed by atoms with Crippen LogP contribution in [0.1, 0.15) is 31.4 Å². The highest BCUT2D eigenvalue weighted by molar-refractivity contribution is 5.81. The van der Waals surface area contributed by atoms with Gasteiger partial charge in [-0.05, 0) is 12.0 Å². The summed E-state index contributed by atoms with van der Waals surface area (Å²) >= 11 is 0. The first-order chi connectivity index (χ1) is 10.1. The number of rotatable bonds is 5. The van der Waals surface area contributed by atoms with E-state index in [1.165, 1.54) is 0 Å². The molecule has 1 atom stereocenters. The Bertz CT molecular complexity index is 482. The van der Waals surface area contributed by atoms with Crippen molar-refractivity contribution in [3.05, 3.63) is 35.9 Å². The zero-order valence-electron chi connectivity index (χ0n) is 12.5. The molecule has 21 heavy (non-hydrogen) atoms. The second-order valence-corrected chi connectivity index (χ2v) is 5.38. The van der Waals surface area contributed by atoms with Crippen LogP contribution in [0.15, 0.2) is 30.3 Å². The summed E-state index contributed by atoms with van der Waals surface area (Å²) in [5.74, 6) is -0.137. The van der Waals surface area contributed by atoms with Gasteiger partial charge in [0.25, 0.3) is 0 Å². The lowest BCUT2D eigenvalue weighted by Gasteiger charge is -2.38. The molecule has 0 unspecified atom stereocenters. The van der Waals surface area contributed by atoms with Gasteiger partial charge in [0.1, 0.15) is 6.04 Å². The smallest absolute Gasteiger partial charge is 0.239 e. The molecule has 2 N–H and O–H groups in total. The largest absolute Gasteiger partial charge is 0.368 e. The normalized spacial score (nSPS) is 17.5. The topological polar surface area (TPSA) is 66.6 Å². The molecular formula is C16H23N3O2. The van der Waals surface area contributed by atoms with Gasteiger partial charge in [-0.15, -0.1) is 0 Å². The number of benzene rings is 1. The molecule has 2 rings (SSSR count). The van der Waals surface area contributed by atoms with Crippen LogP contribution < -0.4 is 5.73 Å². The van der Waals surface area contributed by atoms with Crippen molar-refractivity contribution in [1.29, 1.82) is 0 Å². The molecule has 1 heterocycles. The Balaban J connectivity index is 2.02. The van der Waals surface area contributed by atoms with Crippen LogP contribution >= 0.6 is 0 Å². The molecule has 0 spiro atoms. The molecule has 1 saturated heterocycles. The zero-order chi connectivity index (χ0) is 15.2. The van der Waals surface area contributed by atoms with Gasteiger partial charge < -0.3 is 10.6 Å². The number of carbonyl (C=O) groups excluding carboxylic acids is 2. The summed E-state index contributed by atoms with van der Waals surface area (Å²) in [5, 5.41) is 0. The Labute approximate surface area is 125 Å². The van der Waals surface area contributed by atoms with Gasteiger partial charge in [0, 0.05) is 32.6 Å². The highest BCUT2D eigenvalue weighted by atomic mass is 16.2. The average Bonchev–Trinajstić information content (AvgIpc) is 2.49. The van der Waals surface area contributed by atoms with Gasteiger partial charge in [-0.1, -0.05) is 37.3 Å². The molecule has 0 radical (unpaired) electrons. The van der Waals surface area contributed by atoms with Gasteiger partial charge in [0.2, 0.25) is 11.8 Å². The molecule has 0 aromatic heterocycles. The maximum absolute atomic E-state index is 11.9. The van der Waals surface area contributed by atoms with E-state index in [9.17, 15) is 9.59 Å². The summed E-state index contributed by atoms with van der Waals surface area (Å²) in [4.78, 5) is 27.7. The molecule has 1 aliphatic heterocycles. The van der Waals surface area contributed by atoms with Crippen LogP contribution in [0.2, 0.25) is 0 Å². The number of piperazine rings is 1. The van der Waals surface area contributed by atoms with Crippen molar-refractivity contribution in [2.24, 2.45) is 5.73 Å². The van der Waals surface area contributed by atoms with E-state index >= 15 is 0 Å². The van der Waals surface area contributed by atoms with E-state index < -0.39 is 6.04 Å². The first kappa shape index (κ1) is 15.5. The molecular weight excluding hydrogens is 266 g/mol. The minimum Gasteiger partial charge on any atom is -0.368 e. The van der Waals surface area contributed by atoms with Crippen molar-refractivity contribution in [3.63, 3.8) is 0 Å². The third-order valence-corrected chi connectivity index (χ3v) is 3.88. The van der Waals surface area contributed by atoms with Crippen LogP contribution in [-0.4, -0.2) is 47.8 Å². The summed E-state index contributed by atoms with van der Waals surface area (Å²) < 4.78 is 0. The van der Waals surface area contributed by atoms with E-state index in [2.05, 4.69) is 4.90 Å². The van der Waals surface area contributed by atoms with Crippen LogP contribution in [0.3, 0.4) is 0 Å². The predicted molar refractivity (Wildman–Crippen MR) is 81.4 cm³/mol. The highest BCUT2D eigenvalue weighted by Crippen LogP contribution is 2.22. The monoisotopic (exact) mass is 289 g/mol. The number of carbonyl (C=O) groups is 2. The van der Waals surface area contributed by atoms with Crippen molar-refractivity contribution >= 4 is 11.8 Å². The lowest BCUT2D eigenvalue weighted by atomic mass is 10.0. The first-order valence-corrected chi connectivity index (χ1v) is 7.49. The van der Waals surface area contributed by atoms with Crippen LogP contribution in [0, 0.1) is 0 Å². The molecule has 0 bridgehead atoms. The summed E-state index contributed by atoms with van der Waals surface area (Å²) in [6, 6.07) is 9.17. The quantitative estimate of drug-likeness (QED) is 0.884. The minimum absolute atomic E-state index is 0.201. The summed E-state index contributed by atoms with van der Waals surface area (Å²) in [6.45, 7) is 4.69. The van der Waals surface area contributed by atoms with E-state index in [-0.39, 0.29) is 11.8 Å². The SMILES string of the molecule is CCCC(=O)N1CCN([C@@H](C(N)=O)c2ccccc2)CC1. The molecule has 1 aliphatic rings. The molecule has 5 heteroatoms.